The Balaban J connectivity index is 2.44. The molecule has 0 aliphatic carbocycles. The van der Waals surface area contributed by atoms with Gasteiger partial charge in [-0.15, -0.1) is 0 Å². The van der Waals surface area contributed by atoms with E-state index in [0.717, 1.165) is 28.0 Å². The first kappa shape index (κ1) is 20.3. The van der Waals surface area contributed by atoms with Crippen molar-refractivity contribution in [3.05, 3.63) is 67.6 Å². The molecule has 0 N–H and O–H groups in total. The number of hydrogen-bond donors (Lipinski definition) is 0. The highest BCUT2D eigenvalue weighted by Gasteiger charge is 2.20. The monoisotopic (exact) mass is 379 g/mol. The Kier molecular flexibility index (Phi) is 6.25. The number of aromatic nitrogens is 1. The van der Waals surface area contributed by atoms with E-state index in [9.17, 15) is 19.7 Å². The third-order valence-corrected chi connectivity index (χ3v) is 4.26. The Morgan fingerprint density at radius 3 is 2.54 bits per heavy atom. The molecule has 0 spiro atoms. The van der Waals surface area contributed by atoms with E-state index in [1.807, 2.05) is 26.0 Å². The second-order valence-corrected chi connectivity index (χ2v) is 6.14. The van der Waals surface area contributed by atoms with Gasteiger partial charge in [-0.05, 0) is 37.1 Å². The highest BCUT2D eigenvalue weighted by Crippen LogP contribution is 2.20. The van der Waals surface area contributed by atoms with Crippen molar-refractivity contribution >= 4 is 17.3 Å². The summed E-state index contributed by atoms with van der Waals surface area (Å²) < 4.78 is 0.847. The van der Waals surface area contributed by atoms with Gasteiger partial charge >= 0.3 is 0 Å². The van der Waals surface area contributed by atoms with Crippen LogP contribution in [0.5, 0.6) is 0 Å². The van der Waals surface area contributed by atoms with Crippen LogP contribution >= 0.6 is 0 Å². The van der Waals surface area contributed by atoms with E-state index >= 15 is 0 Å². The van der Waals surface area contributed by atoms with E-state index < -0.39 is 34.2 Å². The lowest BCUT2D eigenvalue weighted by Crippen LogP contribution is -2.37. The number of benzene rings is 1. The topological polar surface area (TPSA) is 133 Å². The minimum Gasteiger partial charge on any atom is -0.310 e. The number of aryl methyl sites for hydroxylation is 2. The van der Waals surface area contributed by atoms with E-state index in [0.29, 0.717) is 5.69 Å². The van der Waals surface area contributed by atoms with Gasteiger partial charge in [-0.1, -0.05) is 6.07 Å². The van der Waals surface area contributed by atoms with E-state index in [4.69, 9.17) is 10.5 Å². The van der Waals surface area contributed by atoms with Crippen molar-refractivity contribution in [3.8, 4) is 12.1 Å². The Labute approximate surface area is 160 Å². The number of pyridine rings is 1. The van der Waals surface area contributed by atoms with Crippen LogP contribution in [0.1, 0.15) is 23.1 Å². The van der Waals surface area contributed by atoms with Gasteiger partial charge in [-0.25, -0.2) is 0 Å². The van der Waals surface area contributed by atoms with Crippen LogP contribution < -0.4 is 10.5 Å². The number of rotatable bonds is 6. The maximum Gasteiger partial charge on any atom is 0.287 e. The summed E-state index contributed by atoms with van der Waals surface area (Å²) in [4.78, 5) is 36.8. The van der Waals surface area contributed by atoms with Crippen molar-refractivity contribution in [2.75, 3.05) is 11.4 Å². The van der Waals surface area contributed by atoms with Crippen LogP contribution in [0, 0.1) is 46.6 Å². The molecule has 9 nitrogen and oxygen atoms in total. The third kappa shape index (κ3) is 4.40. The summed E-state index contributed by atoms with van der Waals surface area (Å²) in [5.74, 6) is -0.523. The van der Waals surface area contributed by atoms with Crippen LogP contribution in [0.15, 0.2) is 35.3 Å². The number of hydrogen-bond acceptors (Lipinski definition) is 6. The molecular weight excluding hydrogens is 362 g/mol. The molecule has 2 rings (SSSR count). The average molecular weight is 379 g/mol. The van der Waals surface area contributed by atoms with Gasteiger partial charge < -0.3 is 4.90 Å². The predicted octanol–water partition coefficient (Wildman–Crippen LogP) is 2.19. The van der Waals surface area contributed by atoms with Crippen molar-refractivity contribution in [1.29, 1.82) is 10.5 Å². The van der Waals surface area contributed by atoms with Crippen LogP contribution in [-0.4, -0.2) is 21.9 Å². The van der Waals surface area contributed by atoms with Crippen LogP contribution in [0.2, 0.25) is 0 Å². The number of nitrogens with zero attached hydrogens (tertiary/aromatic N) is 5. The lowest BCUT2D eigenvalue weighted by Gasteiger charge is -2.23. The molecule has 0 fully saturated rings. The van der Waals surface area contributed by atoms with Crippen LogP contribution in [-0.2, 0) is 11.3 Å². The summed E-state index contributed by atoms with van der Waals surface area (Å²) in [7, 11) is 0. The summed E-state index contributed by atoms with van der Waals surface area (Å²) in [6.45, 7) is 3.42. The number of carbonyl (C=O) groups is 1. The Hall–Kier alpha value is -3.98. The van der Waals surface area contributed by atoms with Crippen molar-refractivity contribution in [3.63, 3.8) is 0 Å². The smallest absolute Gasteiger partial charge is 0.287 e. The zero-order chi connectivity index (χ0) is 20.8. The van der Waals surface area contributed by atoms with Crippen molar-refractivity contribution in [2.24, 2.45) is 0 Å². The molecule has 0 aliphatic heterocycles. The highest BCUT2D eigenvalue weighted by atomic mass is 16.6. The number of anilines is 1. The second-order valence-electron chi connectivity index (χ2n) is 6.14. The van der Waals surface area contributed by atoms with E-state index in [2.05, 4.69) is 0 Å². The molecule has 0 unspecified atom stereocenters. The molecule has 1 aromatic heterocycles. The van der Waals surface area contributed by atoms with Gasteiger partial charge in [-0.3, -0.25) is 24.3 Å². The maximum atomic E-state index is 12.9. The van der Waals surface area contributed by atoms with E-state index in [1.165, 1.54) is 4.90 Å². The molecule has 0 atom stereocenters. The van der Waals surface area contributed by atoms with Gasteiger partial charge in [0.1, 0.15) is 18.2 Å². The highest BCUT2D eigenvalue weighted by molar-refractivity contribution is 5.93. The number of carbonyl (C=O) groups excluding carboxylic acids is 1. The Morgan fingerprint density at radius 2 is 1.96 bits per heavy atom. The molecule has 9 heteroatoms. The van der Waals surface area contributed by atoms with Gasteiger partial charge in [0.25, 0.3) is 11.2 Å². The van der Waals surface area contributed by atoms with Gasteiger partial charge in [0.15, 0.2) is 0 Å². The first-order valence-corrected chi connectivity index (χ1v) is 8.32. The maximum absolute atomic E-state index is 12.9. The molecule has 0 radical (unpaired) electrons. The third-order valence-electron chi connectivity index (χ3n) is 4.26. The fourth-order valence-corrected chi connectivity index (χ4v) is 2.60. The fraction of sp³-hybridized carbons (Fsp3) is 0.263. The minimum absolute atomic E-state index is 0.0753. The molecule has 1 aromatic carbocycles. The molecule has 0 bridgehead atoms. The fourth-order valence-electron chi connectivity index (χ4n) is 2.60. The molecular formula is C19H17N5O4. The van der Waals surface area contributed by atoms with Crippen LogP contribution in [0.25, 0.3) is 0 Å². The minimum atomic E-state index is -0.790. The molecule has 1 heterocycles. The molecule has 0 saturated heterocycles. The Bertz CT molecular complexity index is 1080. The summed E-state index contributed by atoms with van der Waals surface area (Å²) in [6, 6.07) is 9.82. The molecule has 2 aromatic rings. The largest absolute Gasteiger partial charge is 0.310 e. The molecule has 28 heavy (non-hydrogen) atoms. The Morgan fingerprint density at radius 1 is 1.25 bits per heavy atom. The zero-order valence-corrected chi connectivity index (χ0v) is 15.4. The lowest BCUT2D eigenvalue weighted by atomic mass is 10.1. The van der Waals surface area contributed by atoms with Crippen LogP contribution in [0.4, 0.5) is 11.4 Å². The van der Waals surface area contributed by atoms with E-state index in [1.54, 1.807) is 18.2 Å². The summed E-state index contributed by atoms with van der Waals surface area (Å²) in [6.07, 6.45) is 1.01. The van der Waals surface area contributed by atoms with E-state index in [-0.39, 0.29) is 13.0 Å². The van der Waals surface area contributed by atoms with Crippen molar-refractivity contribution in [1.82, 2.24) is 4.57 Å². The second kappa shape index (κ2) is 8.60. The molecule has 0 saturated carbocycles. The predicted molar refractivity (Wildman–Crippen MR) is 101 cm³/mol. The normalized spacial score (nSPS) is 10.0. The number of amides is 1. The lowest BCUT2D eigenvalue weighted by molar-refractivity contribution is -0.385. The molecule has 142 valence electrons. The zero-order valence-electron chi connectivity index (χ0n) is 15.4. The summed E-state index contributed by atoms with van der Waals surface area (Å²) in [5, 5.41) is 28.9. The van der Waals surface area contributed by atoms with Gasteiger partial charge in [0.05, 0.1) is 23.6 Å². The van der Waals surface area contributed by atoms with Gasteiger partial charge in [0.2, 0.25) is 5.91 Å². The quantitative estimate of drug-likeness (QED) is 0.558. The molecule has 1 amide bonds. The standard InChI is InChI=1S/C19H17N5O4/c1-13-4-5-16(8-14(13)2)23(7-3-6-20)18(25)12-22-11-17(24(27)28)9-15(10-21)19(22)26/h4-5,8-9,11H,3,7,12H2,1-2H3. The van der Waals surface area contributed by atoms with Gasteiger partial charge in [0, 0.05) is 18.3 Å². The first-order chi connectivity index (χ1) is 13.3. The van der Waals surface area contributed by atoms with Crippen LogP contribution in [0.3, 0.4) is 0 Å². The molecule has 0 aliphatic rings. The summed E-state index contributed by atoms with van der Waals surface area (Å²) in [5.41, 5.74) is 0.871. The average Bonchev–Trinajstić information content (AvgIpc) is 2.66. The summed E-state index contributed by atoms with van der Waals surface area (Å²) >= 11 is 0. The SMILES string of the molecule is Cc1ccc(N(CCC#N)C(=O)Cn2cc([N+](=O)[O-])cc(C#N)c2=O)cc1C. The van der Waals surface area contributed by atoms with Crippen molar-refractivity contribution < 1.29 is 9.72 Å². The van der Waals surface area contributed by atoms with Gasteiger partial charge in [-0.2, -0.15) is 10.5 Å². The first-order valence-electron chi connectivity index (χ1n) is 8.32. The number of nitriles is 2. The van der Waals surface area contributed by atoms with Crippen molar-refractivity contribution in [2.45, 2.75) is 26.8 Å². The number of nitro groups is 1.